The normalized spacial score (nSPS) is 19.6. The number of amides is 1. The van der Waals surface area contributed by atoms with Crippen LogP contribution in [0.2, 0.25) is 0 Å². The molecule has 3 heterocycles. The third-order valence-corrected chi connectivity index (χ3v) is 4.27. The number of H-pyrrole nitrogens is 1. The van der Waals surface area contributed by atoms with Crippen LogP contribution in [0.4, 0.5) is 10.6 Å². The minimum atomic E-state index is -0.467. The zero-order chi connectivity index (χ0) is 17.3. The third kappa shape index (κ3) is 4.14. The number of hydrogen-bond donors (Lipinski definition) is 4. The summed E-state index contributed by atoms with van der Waals surface area (Å²) in [6.07, 6.45) is 4.91. The molecule has 0 atom stereocenters. The first-order chi connectivity index (χ1) is 11.3. The number of ether oxygens (including phenoxy) is 1. The van der Waals surface area contributed by atoms with E-state index in [9.17, 15) is 4.79 Å². The topological polar surface area (TPSA) is 131 Å². The fourth-order valence-corrected chi connectivity index (χ4v) is 3.05. The molecule has 140 valence electrons. The minimum Gasteiger partial charge on any atom is -0.444 e. The van der Waals surface area contributed by atoms with Crippen molar-refractivity contribution in [2.75, 3.05) is 13.1 Å². The average Bonchev–Trinajstić information content (AvgIpc) is 3.01. The van der Waals surface area contributed by atoms with Crippen molar-refractivity contribution in [3.8, 4) is 0 Å². The molecule has 8 heteroatoms. The maximum absolute atomic E-state index is 12.1. The summed E-state index contributed by atoms with van der Waals surface area (Å²) >= 11 is 0. The molecular weight excluding hydrogens is 320 g/mol. The summed E-state index contributed by atoms with van der Waals surface area (Å²) in [5.41, 5.74) is 8.69. The van der Waals surface area contributed by atoms with Gasteiger partial charge in [0.15, 0.2) is 0 Å². The van der Waals surface area contributed by atoms with Gasteiger partial charge in [0, 0.05) is 37.9 Å². The maximum Gasteiger partial charge on any atom is 0.410 e. The van der Waals surface area contributed by atoms with E-state index < -0.39 is 5.60 Å². The van der Waals surface area contributed by atoms with Gasteiger partial charge < -0.3 is 31.8 Å². The summed E-state index contributed by atoms with van der Waals surface area (Å²) in [5.74, 6) is 1.05. The van der Waals surface area contributed by atoms with Crippen LogP contribution in [0.25, 0.3) is 5.70 Å². The first-order valence-corrected chi connectivity index (χ1v) is 8.29. The smallest absolute Gasteiger partial charge is 0.410 e. The van der Waals surface area contributed by atoms with Gasteiger partial charge in [-0.25, -0.2) is 9.79 Å². The molecule has 2 aliphatic heterocycles. The van der Waals surface area contributed by atoms with Gasteiger partial charge in [0.1, 0.15) is 11.4 Å². The molecule has 0 saturated carbocycles. The molecule has 1 saturated heterocycles. The molecule has 1 fully saturated rings. The number of carbonyl (C=O) groups excluding carboxylic acids is 1. The van der Waals surface area contributed by atoms with Gasteiger partial charge >= 0.3 is 6.09 Å². The van der Waals surface area contributed by atoms with E-state index in [1.165, 1.54) is 0 Å². The van der Waals surface area contributed by atoms with Crippen LogP contribution < -0.4 is 17.2 Å². The number of likely N-dealkylation sites (tertiary alicyclic amines) is 1. The number of fused-ring (bicyclic) bond motifs is 1. The number of carbonyl (C=O) groups is 1. The molecule has 2 aliphatic rings. The predicted octanol–water partition coefficient (Wildman–Crippen LogP) is 2.96. The highest BCUT2D eigenvalue weighted by Crippen LogP contribution is 2.32. The van der Waals surface area contributed by atoms with Gasteiger partial charge in [-0.15, -0.1) is 0 Å². The molecule has 25 heavy (non-hydrogen) atoms. The Hall–Kier alpha value is -2.48. The Bertz CT molecular complexity index is 684. The number of aromatic amines is 1. The Morgan fingerprint density at radius 3 is 2.72 bits per heavy atom. The summed E-state index contributed by atoms with van der Waals surface area (Å²) in [6.45, 7) is 6.95. The van der Waals surface area contributed by atoms with Crippen molar-refractivity contribution in [3.05, 3.63) is 23.5 Å². The Morgan fingerprint density at radius 1 is 1.40 bits per heavy atom. The van der Waals surface area contributed by atoms with Crippen molar-refractivity contribution in [1.29, 1.82) is 0 Å². The Balaban J connectivity index is 0.00000169. The number of aliphatic imine (C=N–C) groups is 1. The molecule has 1 aromatic rings. The fourth-order valence-electron chi connectivity index (χ4n) is 3.05. The lowest BCUT2D eigenvalue weighted by atomic mass is 9.91. The zero-order valence-corrected chi connectivity index (χ0v) is 15.1. The lowest BCUT2D eigenvalue weighted by Gasteiger charge is -2.34. The molecule has 0 unspecified atom stereocenters. The monoisotopic (exact) mass is 350 g/mol. The summed E-state index contributed by atoms with van der Waals surface area (Å²) in [4.78, 5) is 21.2. The van der Waals surface area contributed by atoms with Crippen molar-refractivity contribution in [3.63, 3.8) is 0 Å². The average molecular weight is 350 g/mol. The van der Waals surface area contributed by atoms with E-state index in [0.717, 1.165) is 35.6 Å². The number of aromatic nitrogens is 1. The molecular formula is C17H30N6O2. The van der Waals surface area contributed by atoms with Crippen molar-refractivity contribution in [2.24, 2.45) is 16.6 Å². The van der Waals surface area contributed by atoms with Gasteiger partial charge in [-0.2, -0.15) is 0 Å². The molecule has 1 amide bonds. The number of piperidine rings is 1. The van der Waals surface area contributed by atoms with Crippen LogP contribution in [0, 0.1) is 5.92 Å². The number of hydrogen-bond acceptors (Lipinski definition) is 6. The maximum atomic E-state index is 12.1. The van der Waals surface area contributed by atoms with E-state index >= 15 is 0 Å². The number of nitrogens with one attached hydrogen (secondary N) is 2. The summed E-state index contributed by atoms with van der Waals surface area (Å²) in [5, 5.41) is 3.16. The van der Waals surface area contributed by atoms with E-state index in [-0.39, 0.29) is 19.6 Å². The number of nitrogens with two attached hydrogens (primary N) is 1. The van der Waals surface area contributed by atoms with Gasteiger partial charge in [-0.1, -0.05) is 0 Å². The number of nitrogens with zero attached hydrogens (tertiary/aromatic N) is 2. The molecule has 1 aromatic heterocycles. The summed E-state index contributed by atoms with van der Waals surface area (Å²) in [7, 11) is 0. The third-order valence-electron chi connectivity index (χ3n) is 4.27. The van der Waals surface area contributed by atoms with Crippen molar-refractivity contribution in [1.82, 2.24) is 21.4 Å². The van der Waals surface area contributed by atoms with Crippen LogP contribution in [0.3, 0.4) is 0 Å². The van der Waals surface area contributed by atoms with Crippen LogP contribution in [-0.2, 0) is 4.74 Å². The first kappa shape index (κ1) is 18.9. The molecule has 0 radical (unpaired) electrons. The van der Waals surface area contributed by atoms with Crippen molar-refractivity contribution < 1.29 is 11.0 Å². The van der Waals surface area contributed by atoms with E-state index in [2.05, 4.69) is 15.3 Å². The van der Waals surface area contributed by atoms with Crippen LogP contribution in [0.5, 0.6) is 0 Å². The summed E-state index contributed by atoms with van der Waals surface area (Å²) < 4.78 is 5.44. The highest BCUT2D eigenvalue weighted by molar-refractivity contribution is 5.87. The van der Waals surface area contributed by atoms with Gasteiger partial charge in [-0.3, -0.25) is 0 Å². The highest BCUT2D eigenvalue weighted by Gasteiger charge is 2.29. The zero-order valence-electron chi connectivity index (χ0n) is 15.1. The second-order valence-electron chi connectivity index (χ2n) is 7.21. The first-order valence-electron chi connectivity index (χ1n) is 8.29. The largest absolute Gasteiger partial charge is 0.444 e. The molecule has 0 aromatic carbocycles. The Morgan fingerprint density at radius 2 is 2.08 bits per heavy atom. The molecule has 8 nitrogen and oxygen atoms in total. The number of allylic oxidation sites excluding steroid dienone is 1. The predicted molar refractivity (Wildman–Crippen MR) is 101 cm³/mol. The van der Waals surface area contributed by atoms with Gasteiger partial charge in [-0.05, 0) is 39.7 Å². The lowest BCUT2D eigenvalue weighted by molar-refractivity contribution is 0.0194. The summed E-state index contributed by atoms with van der Waals surface area (Å²) in [6, 6.07) is 1.97. The second kappa shape index (κ2) is 7.18. The van der Waals surface area contributed by atoms with Crippen LogP contribution in [-0.4, -0.2) is 41.0 Å². The SMILES string of the molecule is CC(C)(C)OC(=O)N1CCC(/C(N)=C2/NC=Nc3[nH]ccc32)CC1.N.[HH]. The fraction of sp³-hybridized carbons (Fsp3) is 0.529. The molecule has 3 rings (SSSR count). The van der Waals surface area contributed by atoms with E-state index in [4.69, 9.17) is 10.5 Å². The Kier molecular flexibility index (Phi) is 5.42. The van der Waals surface area contributed by atoms with E-state index in [1.807, 2.05) is 33.0 Å². The van der Waals surface area contributed by atoms with E-state index in [1.54, 1.807) is 11.2 Å². The minimum absolute atomic E-state index is 0. The standard InChI is InChI=1S/C17H25N5O2.H3N.H2/c1-17(2,3)24-16(23)22-8-5-11(6-9-22)13(18)14-12-4-7-19-15(12)21-10-20-14;;/h4,7,10-11,19H,5-6,8-9,18H2,1-3H3,(H,20,21);1H3;1H/b14-13-;;. The van der Waals surface area contributed by atoms with Crippen LogP contribution in [0.15, 0.2) is 23.0 Å². The van der Waals surface area contributed by atoms with Crippen molar-refractivity contribution in [2.45, 2.75) is 39.2 Å². The quantitative estimate of drug-likeness (QED) is 0.618. The van der Waals surface area contributed by atoms with Gasteiger partial charge in [0.2, 0.25) is 0 Å². The van der Waals surface area contributed by atoms with E-state index in [0.29, 0.717) is 13.1 Å². The van der Waals surface area contributed by atoms with Crippen LogP contribution >= 0.6 is 0 Å². The van der Waals surface area contributed by atoms with Crippen LogP contribution in [0.1, 0.15) is 40.6 Å². The molecule has 0 bridgehead atoms. The lowest BCUT2D eigenvalue weighted by Crippen LogP contribution is -2.42. The second-order valence-corrected chi connectivity index (χ2v) is 7.21. The number of rotatable bonds is 1. The molecule has 0 spiro atoms. The highest BCUT2D eigenvalue weighted by atomic mass is 16.6. The molecule has 7 N–H and O–H groups in total. The molecule has 0 aliphatic carbocycles. The van der Waals surface area contributed by atoms with Gasteiger partial charge in [0.05, 0.1) is 12.0 Å². The van der Waals surface area contributed by atoms with Gasteiger partial charge in [0.25, 0.3) is 0 Å². The van der Waals surface area contributed by atoms with Crippen molar-refractivity contribution >= 4 is 23.9 Å². The Labute approximate surface area is 149 Å².